The predicted molar refractivity (Wildman–Crippen MR) is 109 cm³/mol. The van der Waals surface area contributed by atoms with E-state index in [2.05, 4.69) is 15.3 Å². The molecule has 0 saturated carbocycles. The number of benzene rings is 2. The summed E-state index contributed by atoms with van der Waals surface area (Å²) in [6.07, 6.45) is 0. The van der Waals surface area contributed by atoms with Gasteiger partial charge in [0.1, 0.15) is 11.6 Å². The Morgan fingerprint density at radius 2 is 1.86 bits per heavy atom. The summed E-state index contributed by atoms with van der Waals surface area (Å²) in [5.74, 6) is 0.395. The molecule has 3 aromatic rings. The molecule has 1 aromatic heterocycles. The molecule has 0 saturated heterocycles. The molecule has 150 valence electrons. The van der Waals surface area contributed by atoms with Gasteiger partial charge in [-0.05, 0) is 43.3 Å². The van der Waals surface area contributed by atoms with Crippen molar-refractivity contribution in [3.8, 4) is 5.75 Å². The molecule has 2 aromatic carbocycles. The Labute approximate surface area is 167 Å². The van der Waals surface area contributed by atoms with Crippen molar-refractivity contribution in [1.82, 2.24) is 20.2 Å². The minimum Gasteiger partial charge on any atom is -0.494 e. The van der Waals surface area contributed by atoms with Gasteiger partial charge in [-0.25, -0.2) is 4.98 Å². The van der Waals surface area contributed by atoms with Crippen LogP contribution in [0.4, 0.5) is 0 Å². The van der Waals surface area contributed by atoms with E-state index in [1.54, 1.807) is 55.6 Å². The van der Waals surface area contributed by atoms with Gasteiger partial charge in [-0.15, -0.1) is 0 Å². The second kappa shape index (κ2) is 9.01. The summed E-state index contributed by atoms with van der Waals surface area (Å²) in [6.45, 7) is 2.38. The lowest BCUT2D eigenvalue weighted by atomic mass is 10.2. The van der Waals surface area contributed by atoms with Gasteiger partial charge in [0.2, 0.25) is 5.91 Å². The van der Waals surface area contributed by atoms with E-state index in [0.29, 0.717) is 34.6 Å². The first kappa shape index (κ1) is 20.1. The van der Waals surface area contributed by atoms with E-state index in [9.17, 15) is 14.4 Å². The molecule has 0 fully saturated rings. The number of rotatable bonds is 7. The van der Waals surface area contributed by atoms with Crippen LogP contribution in [0.25, 0.3) is 10.9 Å². The number of ether oxygens (including phenoxy) is 1. The minimum absolute atomic E-state index is 0.123. The Balaban J connectivity index is 1.58. The Kier molecular flexibility index (Phi) is 6.23. The van der Waals surface area contributed by atoms with Gasteiger partial charge in [-0.2, -0.15) is 0 Å². The monoisotopic (exact) mass is 394 g/mol. The fraction of sp³-hybridized carbons (Fsp3) is 0.238. The quantitative estimate of drug-likeness (QED) is 0.635. The van der Waals surface area contributed by atoms with Crippen molar-refractivity contribution in [3.63, 3.8) is 0 Å². The van der Waals surface area contributed by atoms with Gasteiger partial charge in [-0.3, -0.25) is 14.4 Å². The molecule has 0 spiro atoms. The van der Waals surface area contributed by atoms with Crippen LogP contribution in [0.5, 0.6) is 5.75 Å². The lowest BCUT2D eigenvalue weighted by Gasteiger charge is -2.17. The number of carbonyl (C=O) groups excluding carboxylic acids is 2. The number of aromatic nitrogens is 2. The molecular weight excluding hydrogens is 372 g/mol. The maximum absolute atomic E-state index is 12.3. The summed E-state index contributed by atoms with van der Waals surface area (Å²) in [7, 11) is 1.58. The molecule has 0 bridgehead atoms. The summed E-state index contributed by atoms with van der Waals surface area (Å²) in [6, 6.07) is 13.7. The van der Waals surface area contributed by atoms with E-state index >= 15 is 0 Å². The number of hydrogen-bond acceptors (Lipinski definition) is 5. The maximum Gasteiger partial charge on any atom is 0.258 e. The Hall–Kier alpha value is -3.68. The van der Waals surface area contributed by atoms with Crippen LogP contribution in [0.2, 0.25) is 0 Å². The van der Waals surface area contributed by atoms with Crippen LogP contribution in [-0.4, -0.2) is 46.9 Å². The lowest BCUT2D eigenvalue weighted by Crippen LogP contribution is -2.38. The summed E-state index contributed by atoms with van der Waals surface area (Å²) in [5, 5.41) is 3.09. The number of carbonyl (C=O) groups is 2. The minimum atomic E-state index is -0.355. The smallest absolute Gasteiger partial charge is 0.258 e. The SMILES string of the molecule is CCOc1ccc(C(=O)NCC(=O)N(C)Cc2nc3ccccc3c(=O)[nH]2)cc1. The second-order valence-electron chi connectivity index (χ2n) is 6.42. The average Bonchev–Trinajstić information content (AvgIpc) is 2.72. The molecule has 0 aliphatic rings. The van der Waals surface area contributed by atoms with Crippen LogP contribution in [0.1, 0.15) is 23.1 Å². The predicted octanol–water partition coefficient (Wildman–Crippen LogP) is 1.71. The Morgan fingerprint density at radius 3 is 2.59 bits per heavy atom. The van der Waals surface area contributed by atoms with Crippen molar-refractivity contribution >= 4 is 22.7 Å². The summed E-state index contributed by atoms with van der Waals surface area (Å²) >= 11 is 0. The molecular formula is C21H22N4O4. The molecule has 3 rings (SSSR count). The molecule has 0 aliphatic carbocycles. The number of hydrogen-bond donors (Lipinski definition) is 2. The first-order valence-corrected chi connectivity index (χ1v) is 9.21. The van der Waals surface area contributed by atoms with Crippen molar-refractivity contribution in [3.05, 3.63) is 70.3 Å². The number of nitrogens with one attached hydrogen (secondary N) is 2. The third-order valence-electron chi connectivity index (χ3n) is 4.30. The Morgan fingerprint density at radius 1 is 1.14 bits per heavy atom. The normalized spacial score (nSPS) is 10.6. The van der Waals surface area contributed by atoms with Crippen LogP contribution in [0.15, 0.2) is 53.3 Å². The molecule has 2 N–H and O–H groups in total. The molecule has 0 atom stereocenters. The number of para-hydroxylation sites is 1. The first-order chi connectivity index (χ1) is 14.0. The lowest BCUT2D eigenvalue weighted by molar-refractivity contribution is -0.129. The van der Waals surface area contributed by atoms with Gasteiger partial charge < -0.3 is 19.9 Å². The second-order valence-corrected chi connectivity index (χ2v) is 6.42. The molecule has 0 unspecified atom stereocenters. The highest BCUT2D eigenvalue weighted by atomic mass is 16.5. The maximum atomic E-state index is 12.3. The molecule has 29 heavy (non-hydrogen) atoms. The number of aromatic amines is 1. The molecule has 2 amide bonds. The van der Waals surface area contributed by atoms with E-state index in [1.807, 2.05) is 6.92 Å². The highest BCUT2D eigenvalue weighted by Crippen LogP contribution is 2.12. The largest absolute Gasteiger partial charge is 0.494 e. The molecule has 1 heterocycles. The van der Waals surface area contributed by atoms with Gasteiger partial charge in [0.25, 0.3) is 11.5 Å². The van der Waals surface area contributed by atoms with Gasteiger partial charge in [0.05, 0.1) is 30.6 Å². The third-order valence-corrected chi connectivity index (χ3v) is 4.30. The Bertz CT molecular complexity index is 1080. The number of fused-ring (bicyclic) bond motifs is 1. The molecule has 8 nitrogen and oxygen atoms in total. The van der Waals surface area contributed by atoms with E-state index in [0.717, 1.165) is 0 Å². The van der Waals surface area contributed by atoms with Crippen LogP contribution >= 0.6 is 0 Å². The van der Waals surface area contributed by atoms with E-state index in [1.165, 1.54) is 4.90 Å². The highest BCUT2D eigenvalue weighted by Gasteiger charge is 2.14. The van der Waals surface area contributed by atoms with Gasteiger partial charge in [0, 0.05) is 12.6 Å². The molecule has 0 radical (unpaired) electrons. The van der Waals surface area contributed by atoms with Gasteiger partial charge >= 0.3 is 0 Å². The van der Waals surface area contributed by atoms with Crippen molar-refractivity contribution in [2.24, 2.45) is 0 Å². The zero-order valence-corrected chi connectivity index (χ0v) is 16.3. The van der Waals surface area contributed by atoms with Crippen molar-refractivity contribution in [1.29, 1.82) is 0 Å². The number of likely N-dealkylation sites (N-methyl/N-ethyl adjacent to an activating group) is 1. The topological polar surface area (TPSA) is 104 Å². The van der Waals surface area contributed by atoms with Crippen molar-refractivity contribution < 1.29 is 14.3 Å². The number of nitrogens with zero attached hydrogens (tertiary/aromatic N) is 2. The zero-order chi connectivity index (χ0) is 20.8. The summed E-state index contributed by atoms with van der Waals surface area (Å²) < 4.78 is 5.34. The molecule has 0 aliphatic heterocycles. The van der Waals surface area contributed by atoms with Crippen LogP contribution < -0.4 is 15.6 Å². The van der Waals surface area contributed by atoms with E-state index in [4.69, 9.17) is 4.74 Å². The van der Waals surface area contributed by atoms with Crippen LogP contribution in [0.3, 0.4) is 0 Å². The van der Waals surface area contributed by atoms with E-state index in [-0.39, 0.29) is 30.5 Å². The summed E-state index contributed by atoms with van der Waals surface area (Å²) in [5.41, 5.74) is 0.746. The van der Waals surface area contributed by atoms with Crippen LogP contribution in [-0.2, 0) is 11.3 Å². The third kappa shape index (κ3) is 4.98. The summed E-state index contributed by atoms with van der Waals surface area (Å²) in [4.78, 5) is 45.1. The zero-order valence-electron chi connectivity index (χ0n) is 16.3. The van der Waals surface area contributed by atoms with Gasteiger partial charge in [-0.1, -0.05) is 12.1 Å². The van der Waals surface area contributed by atoms with Gasteiger partial charge in [0.15, 0.2) is 0 Å². The first-order valence-electron chi connectivity index (χ1n) is 9.21. The van der Waals surface area contributed by atoms with Crippen molar-refractivity contribution in [2.45, 2.75) is 13.5 Å². The molecule has 8 heteroatoms. The standard InChI is InChI=1S/C21H22N4O4/c1-3-29-15-10-8-14(9-11-15)20(27)22-12-19(26)25(2)13-18-23-17-7-5-4-6-16(17)21(28)24-18/h4-11H,3,12-13H2,1-2H3,(H,22,27)(H,23,24,28). The van der Waals surface area contributed by atoms with Crippen molar-refractivity contribution in [2.75, 3.05) is 20.2 Å². The highest BCUT2D eigenvalue weighted by molar-refractivity contribution is 5.96. The van der Waals surface area contributed by atoms with E-state index < -0.39 is 0 Å². The number of amides is 2. The van der Waals surface area contributed by atoms with Crippen LogP contribution in [0, 0.1) is 0 Å². The number of H-pyrrole nitrogens is 1. The fourth-order valence-electron chi connectivity index (χ4n) is 2.78. The fourth-order valence-corrected chi connectivity index (χ4v) is 2.78. The average molecular weight is 394 g/mol.